The fourth-order valence-electron chi connectivity index (χ4n) is 1.87. The first-order valence-corrected chi connectivity index (χ1v) is 7.76. The molecule has 0 saturated carbocycles. The Hall–Kier alpha value is -2.55. The van der Waals surface area contributed by atoms with Crippen LogP contribution in [0.3, 0.4) is 0 Å². The van der Waals surface area contributed by atoms with E-state index in [1.165, 1.54) is 13.2 Å². The molecule has 1 aromatic heterocycles. The monoisotopic (exact) mass is 373 g/mol. The third-order valence-electron chi connectivity index (χ3n) is 3.14. The van der Waals surface area contributed by atoms with E-state index in [0.717, 1.165) is 12.5 Å². The quantitative estimate of drug-likeness (QED) is 0.609. The number of aromatic nitrogens is 1. The van der Waals surface area contributed by atoms with Gasteiger partial charge in [0.1, 0.15) is 27.8 Å². The molecule has 134 valence electrons. The zero-order chi connectivity index (χ0) is 18.6. The Labute approximate surface area is 145 Å². The minimum atomic E-state index is -4.44. The van der Waals surface area contributed by atoms with Crippen LogP contribution >= 0.6 is 11.3 Å². The molecule has 1 aromatic carbocycles. The summed E-state index contributed by atoms with van der Waals surface area (Å²) in [5.74, 6) is -0.838. The molecule has 0 aliphatic rings. The maximum Gasteiger partial charge on any atom is 0.427 e. The number of ether oxygens (including phenoxy) is 2. The molecule has 1 N–H and O–H groups in total. The Kier molecular flexibility index (Phi) is 5.68. The first-order valence-electron chi connectivity index (χ1n) is 6.94. The van der Waals surface area contributed by atoms with Gasteiger partial charge in [0.05, 0.1) is 19.6 Å². The van der Waals surface area contributed by atoms with Gasteiger partial charge in [0.25, 0.3) is 0 Å². The summed E-state index contributed by atoms with van der Waals surface area (Å²) in [4.78, 5) is 14.0. The van der Waals surface area contributed by atoms with E-state index >= 15 is 0 Å². The van der Waals surface area contributed by atoms with E-state index in [1.807, 2.05) is 0 Å². The van der Waals surface area contributed by atoms with Crippen molar-refractivity contribution in [2.45, 2.75) is 13.1 Å². The fraction of sp³-hybridized carbons (Fsp3) is 0.250. The van der Waals surface area contributed by atoms with E-state index in [-0.39, 0.29) is 17.2 Å². The molecule has 0 unspecified atom stereocenters. The van der Waals surface area contributed by atoms with Crippen molar-refractivity contribution < 1.29 is 32.5 Å². The molecule has 0 saturated heterocycles. The maximum atomic E-state index is 12.7. The second-order valence-electron chi connectivity index (χ2n) is 4.98. The van der Waals surface area contributed by atoms with Crippen molar-refractivity contribution in [2.24, 2.45) is 0 Å². The third kappa shape index (κ3) is 4.72. The Balaban J connectivity index is 2.24. The normalized spacial score (nSPS) is 12.1. The maximum absolute atomic E-state index is 12.7. The Morgan fingerprint density at radius 1 is 1.40 bits per heavy atom. The van der Waals surface area contributed by atoms with Crippen molar-refractivity contribution in [1.29, 1.82) is 0 Å². The van der Waals surface area contributed by atoms with Gasteiger partial charge in [-0.1, -0.05) is 12.1 Å². The number of benzene rings is 1. The topological polar surface area (TPSA) is 68.7 Å². The zero-order valence-corrected chi connectivity index (χ0v) is 14.1. The molecular formula is C16H14F3NO4S. The van der Waals surface area contributed by atoms with Gasteiger partial charge >= 0.3 is 12.1 Å². The molecule has 0 aliphatic carbocycles. The van der Waals surface area contributed by atoms with Crippen molar-refractivity contribution in [2.75, 3.05) is 13.7 Å². The number of methoxy groups -OCH3 is 1. The molecule has 0 radical (unpaired) electrons. The van der Waals surface area contributed by atoms with Crippen molar-refractivity contribution in [1.82, 2.24) is 4.98 Å². The van der Waals surface area contributed by atoms with Gasteiger partial charge in [0.15, 0.2) is 0 Å². The second kappa shape index (κ2) is 7.56. The summed E-state index contributed by atoms with van der Waals surface area (Å²) < 4.78 is 48.2. The van der Waals surface area contributed by atoms with Crippen LogP contribution in [0, 0.1) is 6.92 Å². The van der Waals surface area contributed by atoms with E-state index in [2.05, 4.69) is 9.72 Å². The Morgan fingerprint density at radius 2 is 2.12 bits per heavy atom. The average Bonchev–Trinajstić information content (AvgIpc) is 3.02. The summed E-state index contributed by atoms with van der Waals surface area (Å²) in [6.07, 6.45) is -2.61. The highest BCUT2D eigenvalue weighted by Crippen LogP contribution is 2.37. The van der Waals surface area contributed by atoms with Crippen LogP contribution in [-0.2, 0) is 15.7 Å². The van der Waals surface area contributed by atoms with E-state index in [4.69, 9.17) is 9.84 Å². The number of carboxylic acid groups (broad SMARTS) is 1. The van der Waals surface area contributed by atoms with Gasteiger partial charge in [0.2, 0.25) is 0 Å². The number of halogens is 3. The van der Waals surface area contributed by atoms with Crippen molar-refractivity contribution >= 4 is 17.3 Å². The summed E-state index contributed by atoms with van der Waals surface area (Å²) in [5, 5.41) is 9.22. The van der Waals surface area contributed by atoms with E-state index in [0.29, 0.717) is 28.2 Å². The molecule has 9 heteroatoms. The van der Waals surface area contributed by atoms with Gasteiger partial charge in [-0.2, -0.15) is 13.2 Å². The number of aliphatic carboxylic acids is 1. The van der Waals surface area contributed by atoms with Crippen LogP contribution in [0.4, 0.5) is 13.2 Å². The van der Waals surface area contributed by atoms with E-state index in [1.54, 1.807) is 19.1 Å². The molecule has 0 amide bonds. The van der Waals surface area contributed by atoms with Crippen LogP contribution in [0.1, 0.15) is 10.4 Å². The fourth-order valence-corrected chi connectivity index (χ4v) is 2.65. The first kappa shape index (κ1) is 18.8. The molecule has 0 spiro atoms. The Morgan fingerprint density at radius 3 is 2.68 bits per heavy atom. The molecule has 2 aromatic rings. The highest BCUT2D eigenvalue weighted by molar-refractivity contribution is 7.15. The van der Waals surface area contributed by atoms with Crippen LogP contribution < -0.4 is 4.74 Å². The van der Waals surface area contributed by atoms with Gasteiger partial charge in [-0.25, -0.2) is 9.78 Å². The van der Waals surface area contributed by atoms with Crippen molar-refractivity contribution in [3.8, 4) is 16.3 Å². The van der Waals surface area contributed by atoms with Gasteiger partial charge < -0.3 is 14.6 Å². The summed E-state index contributed by atoms with van der Waals surface area (Å²) in [6.45, 7) is 1.49. The predicted octanol–water partition coefficient (Wildman–Crippen LogP) is 4.13. The summed E-state index contributed by atoms with van der Waals surface area (Å²) in [5.41, 5.74) is 1.06. The molecule has 5 nitrogen and oxygen atoms in total. The lowest BCUT2D eigenvalue weighted by Gasteiger charge is -2.10. The minimum absolute atomic E-state index is 0.0964. The average molecular weight is 373 g/mol. The van der Waals surface area contributed by atoms with Gasteiger partial charge in [-0.3, -0.25) is 0 Å². The summed E-state index contributed by atoms with van der Waals surface area (Å²) >= 11 is 0.528. The van der Waals surface area contributed by atoms with E-state index in [9.17, 15) is 18.0 Å². The van der Waals surface area contributed by atoms with Crippen LogP contribution in [0.5, 0.6) is 5.75 Å². The third-order valence-corrected chi connectivity index (χ3v) is 4.23. The number of hydrogen-bond acceptors (Lipinski definition) is 5. The van der Waals surface area contributed by atoms with Crippen LogP contribution in [0.2, 0.25) is 0 Å². The second-order valence-corrected chi connectivity index (χ2v) is 6.01. The molecule has 2 rings (SSSR count). The molecule has 0 aliphatic heterocycles. The van der Waals surface area contributed by atoms with Crippen LogP contribution in [0.25, 0.3) is 10.6 Å². The number of carboxylic acids is 1. The first-order chi connectivity index (χ1) is 11.7. The lowest BCUT2D eigenvalue weighted by molar-refractivity contribution is -0.135. The lowest BCUT2D eigenvalue weighted by Crippen LogP contribution is -2.11. The zero-order valence-electron chi connectivity index (χ0n) is 13.3. The molecule has 1 heterocycles. The molecule has 25 heavy (non-hydrogen) atoms. The number of alkyl halides is 3. The molecule has 0 bridgehead atoms. The van der Waals surface area contributed by atoms with Crippen LogP contribution in [-0.4, -0.2) is 29.8 Å². The number of nitrogens with zero attached hydrogens (tertiary/aromatic N) is 1. The van der Waals surface area contributed by atoms with Gasteiger partial charge in [-0.15, -0.1) is 11.3 Å². The van der Waals surface area contributed by atoms with E-state index < -0.39 is 17.0 Å². The largest absolute Gasteiger partial charge is 0.504 e. The summed E-state index contributed by atoms with van der Waals surface area (Å²) in [6, 6.07) is 4.82. The standard InChI is InChI=1S/C16H14F3NO4S/c1-9-3-4-10(14-20-6-13(25-14)16(17,18)19)5-12(9)24-8-11(7-23-2)15(21)22/h3-7H,8H2,1-2H3,(H,21,22)/b11-7-. The molecular weight excluding hydrogens is 359 g/mol. The highest BCUT2D eigenvalue weighted by Gasteiger charge is 2.33. The summed E-state index contributed by atoms with van der Waals surface area (Å²) in [7, 11) is 1.31. The van der Waals surface area contributed by atoms with Crippen molar-refractivity contribution in [3.05, 3.63) is 46.7 Å². The number of aryl methyl sites for hydroxylation is 1. The lowest BCUT2D eigenvalue weighted by atomic mass is 10.1. The number of hydrogen-bond donors (Lipinski definition) is 1. The SMILES string of the molecule is CO/C=C(/COc1cc(-c2ncc(C(F)(F)F)s2)ccc1C)C(=O)O. The molecule has 0 fully saturated rings. The number of thiazole rings is 1. The van der Waals surface area contributed by atoms with Crippen LogP contribution in [0.15, 0.2) is 36.2 Å². The number of carbonyl (C=O) groups is 1. The molecule has 0 atom stereocenters. The Bertz CT molecular complexity index is 799. The van der Waals surface area contributed by atoms with Gasteiger partial charge in [0, 0.05) is 5.56 Å². The van der Waals surface area contributed by atoms with Crippen molar-refractivity contribution in [3.63, 3.8) is 0 Å². The number of rotatable bonds is 6. The smallest absolute Gasteiger partial charge is 0.427 e. The minimum Gasteiger partial charge on any atom is -0.504 e. The predicted molar refractivity (Wildman–Crippen MR) is 85.5 cm³/mol. The van der Waals surface area contributed by atoms with Gasteiger partial charge in [-0.05, 0) is 18.6 Å². The highest BCUT2D eigenvalue weighted by atomic mass is 32.1.